The number of amidine groups is 1. The standard InChI is InChI=1S/C2H5N5/c1-2(5-3)6-7-4/h3-4H,1H3/b5-3?,6-2-,7-4?. The minimum atomic E-state index is 0.190. The fourth-order valence-corrected chi connectivity index (χ4v) is 0.0947. The van der Waals surface area contributed by atoms with Crippen LogP contribution in [-0.2, 0) is 0 Å². The van der Waals surface area contributed by atoms with E-state index in [0.717, 1.165) is 0 Å². The molecule has 0 aliphatic carbocycles. The fourth-order valence-electron chi connectivity index (χ4n) is 0.0947. The van der Waals surface area contributed by atoms with Crippen LogP contribution in [0.2, 0.25) is 0 Å². The molecule has 0 aromatic carbocycles. The molecule has 7 heavy (non-hydrogen) atoms. The first-order valence-electron chi connectivity index (χ1n) is 1.59. The Morgan fingerprint density at radius 2 is 2.00 bits per heavy atom. The van der Waals surface area contributed by atoms with Gasteiger partial charge in [-0.15, -0.1) is 10.2 Å². The summed E-state index contributed by atoms with van der Waals surface area (Å²) in [7, 11) is 0. The van der Waals surface area contributed by atoms with Gasteiger partial charge in [-0.3, -0.25) is 0 Å². The summed E-state index contributed by atoms with van der Waals surface area (Å²) in [6.45, 7) is 1.49. The molecule has 0 radical (unpaired) electrons. The number of hydrogen-bond acceptors (Lipinski definition) is 3. The third-order valence-electron chi connectivity index (χ3n) is 0.357. The third kappa shape index (κ3) is 2.68. The highest BCUT2D eigenvalue weighted by Crippen LogP contribution is 1.76. The van der Waals surface area contributed by atoms with Crippen molar-refractivity contribution in [3.63, 3.8) is 0 Å². The highest BCUT2D eigenvalue weighted by atomic mass is 15.3. The minimum Gasteiger partial charge on any atom is -0.203 e. The van der Waals surface area contributed by atoms with Gasteiger partial charge in [-0.05, 0) is 6.92 Å². The second-order valence-corrected chi connectivity index (χ2v) is 0.859. The van der Waals surface area contributed by atoms with E-state index in [2.05, 4.69) is 15.4 Å². The van der Waals surface area contributed by atoms with E-state index in [1.165, 1.54) is 6.92 Å². The third-order valence-corrected chi connectivity index (χ3v) is 0.357. The first-order chi connectivity index (χ1) is 3.31. The van der Waals surface area contributed by atoms with Gasteiger partial charge in [-0.25, -0.2) is 5.53 Å². The molecule has 0 rings (SSSR count). The Morgan fingerprint density at radius 1 is 1.43 bits per heavy atom. The predicted molar refractivity (Wildman–Crippen MR) is 23.4 cm³/mol. The van der Waals surface area contributed by atoms with Crippen LogP contribution in [0, 0.1) is 11.1 Å². The zero-order valence-electron chi connectivity index (χ0n) is 3.84. The van der Waals surface area contributed by atoms with Gasteiger partial charge in [0.15, 0.2) is 5.84 Å². The molecule has 5 nitrogen and oxygen atoms in total. The Labute approximate surface area is 40.4 Å². The van der Waals surface area contributed by atoms with Crippen molar-refractivity contribution in [3.05, 3.63) is 0 Å². The molecular formula is C2H5N5. The molecule has 0 aromatic heterocycles. The van der Waals surface area contributed by atoms with Crippen LogP contribution in [-0.4, -0.2) is 5.84 Å². The van der Waals surface area contributed by atoms with Crippen molar-refractivity contribution in [2.45, 2.75) is 6.92 Å². The average molecular weight is 99.1 g/mol. The molecule has 0 unspecified atom stereocenters. The second kappa shape index (κ2) is 3.08. The van der Waals surface area contributed by atoms with Gasteiger partial charge in [-0.2, -0.15) is 5.53 Å². The maximum atomic E-state index is 6.26. The zero-order chi connectivity index (χ0) is 5.70. The lowest BCUT2D eigenvalue weighted by Gasteiger charge is -1.74. The molecular weight excluding hydrogens is 94.1 g/mol. The molecule has 0 aliphatic rings. The topological polar surface area (TPSA) is 84.8 Å². The molecule has 0 bridgehead atoms. The summed E-state index contributed by atoms with van der Waals surface area (Å²) in [5.74, 6) is 0.190. The summed E-state index contributed by atoms with van der Waals surface area (Å²) in [4.78, 5) is 0. The van der Waals surface area contributed by atoms with Gasteiger partial charge in [0.05, 0.1) is 0 Å². The van der Waals surface area contributed by atoms with E-state index in [4.69, 9.17) is 11.1 Å². The Morgan fingerprint density at radius 3 is 2.14 bits per heavy atom. The minimum absolute atomic E-state index is 0.190. The first-order valence-corrected chi connectivity index (χ1v) is 1.59. The Hall–Kier alpha value is -1.13. The van der Waals surface area contributed by atoms with Crippen molar-refractivity contribution >= 4 is 5.84 Å². The Bertz CT molecular complexity index is 103. The molecule has 2 N–H and O–H groups in total. The average Bonchev–Trinajstić information content (AvgIpc) is 1.68. The van der Waals surface area contributed by atoms with Gasteiger partial charge in [-0.1, -0.05) is 5.22 Å². The number of rotatable bonds is 1. The van der Waals surface area contributed by atoms with Crippen molar-refractivity contribution in [1.82, 2.24) is 0 Å². The summed E-state index contributed by atoms with van der Waals surface area (Å²) in [5, 5.41) is 8.59. The van der Waals surface area contributed by atoms with Crippen molar-refractivity contribution in [1.29, 1.82) is 11.1 Å². The molecule has 38 valence electrons. The molecule has 0 saturated heterocycles. The number of hydrogen-bond donors (Lipinski definition) is 2. The molecule has 0 saturated carbocycles. The number of nitrogens with zero attached hydrogens (tertiary/aromatic N) is 3. The van der Waals surface area contributed by atoms with Crippen LogP contribution in [0.25, 0.3) is 0 Å². The highest BCUT2D eigenvalue weighted by Gasteiger charge is 1.76. The van der Waals surface area contributed by atoms with Gasteiger partial charge in [0.1, 0.15) is 0 Å². The molecule has 0 fully saturated rings. The molecule has 0 heterocycles. The Balaban J connectivity index is 3.72. The van der Waals surface area contributed by atoms with Gasteiger partial charge in [0.25, 0.3) is 0 Å². The zero-order valence-corrected chi connectivity index (χ0v) is 3.84. The van der Waals surface area contributed by atoms with E-state index in [-0.39, 0.29) is 5.84 Å². The van der Waals surface area contributed by atoms with Crippen molar-refractivity contribution in [3.8, 4) is 0 Å². The molecule has 0 aromatic rings. The quantitative estimate of drug-likeness (QED) is 0.215. The van der Waals surface area contributed by atoms with E-state index in [1.807, 2.05) is 0 Å². The number of nitrogens with one attached hydrogen (secondary N) is 2. The van der Waals surface area contributed by atoms with Crippen LogP contribution in [0.1, 0.15) is 6.92 Å². The first kappa shape index (κ1) is 5.87. The largest absolute Gasteiger partial charge is 0.203 e. The lowest BCUT2D eigenvalue weighted by molar-refractivity contribution is 0.974. The molecule has 0 atom stereocenters. The van der Waals surface area contributed by atoms with E-state index >= 15 is 0 Å². The van der Waals surface area contributed by atoms with E-state index in [0.29, 0.717) is 0 Å². The van der Waals surface area contributed by atoms with Crippen LogP contribution < -0.4 is 0 Å². The van der Waals surface area contributed by atoms with Gasteiger partial charge in [0, 0.05) is 0 Å². The fraction of sp³-hybridized carbons (Fsp3) is 0.500. The van der Waals surface area contributed by atoms with E-state index < -0.39 is 0 Å². The van der Waals surface area contributed by atoms with Crippen LogP contribution in [0.5, 0.6) is 0 Å². The van der Waals surface area contributed by atoms with Crippen LogP contribution in [0.4, 0.5) is 0 Å². The summed E-state index contributed by atoms with van der Waals surface area (Å²) >= 11 is 0. The maximum absolute atomic E-state index is 6.26. The van der Waals surface area contributed by atoms with Crippen LogP contribution >= 0.6 is 0 Å². The Kier molecular flexibility index (Phi) is 2.58. The van der Waals surface area contributed by atoms with Crippen molar-refractivity contribution in [2.75, 3.05) is 0 Å². The highest BCUT2D eigenvalue weighted by molar-refractivity contribution is 5.79. The van der Waals surface area contributed by atoms with Gasteiger partial charge >= 0.3 is 0 Å². The maximum Gasteiger partial charge on any atom is 0.171 e. The van der Waals surface area contributed by atoms with Crippen molar-refractivity contribution in [2.24, 2.45) is 15.4 Å². The summed E-state index contributed by atoms with van der Waals surface area (Å²) < 4.78 is 0. The second-order valence-electron chi connectivity index (χ2n) is 0.859. The van der Waals surface area contributed by atoms with Crippen molar-refractivity contribution < 1.29 is 0 Å². The monoisotopic (exact) mass is 99.1 g/mol. The SMILES string of the molecule is C/C(N=N)=N/N=N. The normalized spacial score (nSPS) is 10.7. The summed E-state index contributed by atoms with van der Waals surface area (Å²) in [6, 6.07) is 0. The summed E-state index contributed by atoms with van der Waals surface area (Å²) in [5.41, 5.74) is 12.4. The van der Waals surface area contributed by atoms with Gasteiger partial charge < -0.3 is 0 Å². The van der Waals surface area contributed by atoms with Gasteiger partial charge in [0.2, 0.25) is 0 Å². The predicted octanol–water partition coefficient (Wildman–Crippen LogP) is 1.38. The molecule has 5 heteroatoms. The smallest absolute Gasteiger partial charge is 0.171 e. The van der Waals surface area contributed by atoms with E-state index in [9.17, 15) is 0 Å². The van der Waals surface area contributed by atoms with E-state index in [1.54, 1.807) is 0 Å². The van der Waals surface area contributed by atoms with Crippen LogP contribution in [0.3, 0.4) is 0 Å². The summed E-state index contributed by atoms with van der Waals surface area (Å²) in [6.07, 6.45) is 0. The lowest BCUT2D eigenvalue weighted by Crippen LogP contribution is -1.77. The molecule has 0 amide bonds. The lowest BCUT2D eigenvalue weighted by atomic mass is 10.7. The molecule has 0 aliphatic heterocycles. The molecule has 0 spiro atoms. The van der Waals surface area contributed by atoms with Crippen LogP contribution in [0.15, 0.2) is 15.4 Å².